The molecule has 19 heteroatoms. The molecule has 1 aliphatic rings. The Morgan fingerprint density at radius 2 is 1.27 bits per heavy atom. The summed E-state index contributed by atoms with van der Waals surface area (Å²) in [4.78, 5) is 106. The highest BCUT2D eigenvalue weighted by molar-refractivity contribution is 5.94. The van der Waals surface area contributed by atoms with Crippen molar-refractivity contribution in [2.45, 2.75) is 160 Å². The van der Waals surface area contributed by atoms with Crippen LogP contribution in [0.25, 0.3) is 0 Å². The van der Waals surface area contributed by atoms with Gasteiger partial charge in [0, 0.05) is 13.0 Å². The number of aliphatic hydroxyl groups excluding tert-OH is 1. The van der Waals surface area contributed by atoms with Crippen LogP contribution < -0.4 is 31.9 Å². The summed E-state index contributed by atoms with van der Waals surface area (Å²) in [5.41, 5.74) is 0.719. The highest BCUT2D eigenvalue weighted by Crippen LogP contribution is 2.27. The van der Waals surface area contributed by atoms with Crippen molar-refractivity contribution in [3.8, 4) is 0 Å². The minimum Gasteiger partial charge on any atom is -0.461 e. The van der Waals surface area contributed by atoms with Crippen LogP contribution in [0.3, 0.4) is 0 Å². The summed E-state index contributed by atoms with van der Waals surface area (Å²) in [5, 5.41) is 27.1. The van der Waals surface area contributed by atoms with Crippen LogP contribution in [0.5, 0.6) is 0 Å². The van der Waals surface area contributed by atoms with Crippen molar-refractivity contribution in [2.75, 3.05) is 19.7 Å². The molecule has 19 nitrogen and oxygen atoms in total. The fourth-order valence-corrected chi connectivity index (χ4v) is 7.62. The number of ether oxygens (including phenoxy) is 4. The first-order valence-electron chi connectivity index (χ1n) is 24.3. The van der Waals surface area contributed by atoms with E-state index in [0.717, 1.165) is 30.4 Å². The summed E-state index contributed by atoms with van der Waals surface area (Å²) in [6.07, 6.45) is 3.10. The molecule has 1 fully saturated rings. The van der Waals surface area contributed by atoms with Gasteiger partial charge in [-0.05, 0) is 89.2 Å². The van der Waals surface area contributed by atoms with Crippen molar-refractivity contribution in [3.63, 3.8) is 0 Å². The van der Waals surface area contributed by atoms with E-state index >= 15 is 0 Å². The molecule has 2 aromatic carbocycles. The predicted molar refractivity (Wildman–Crippen MR) is 259 cm³/mol. The Morgan fingerprint density at radius 3 is 1.89 bits per heavy atom. The van der Waals surface area contributed by atoms with Crippen molar-refractivity contribution < 1.29 is 62.4 Å². The quantitative estimate of drug-likeness (QED) is 0.0247. The zero-order chi connectivity index (χ0) is 51.3. The molecule has 5 unspecified atom stereocenters. The van der Waals surface area contributed by atoms with Gasteiger partial charge in [-0.25, -0.2) is 9.59 Å². The van der Waals surface area contributed by atoms with E-state index in [1.54, 1.807) is 27.7 Å². The Balaban J connectivity index is 1.81. The molecule has 70 heavy (non-hydrogen) atoms. The number of alkyl carbamates (subject to hydrolysis) is 2. The number of aliphatic hydroxyl groups is 1. The SMILES string of the molecule is C=CCOC(=O)CNC(=O)C(O)C(CCC)NC(=O)C(CCCCNC(=O)OCc1ccccc1)NC(=O)C(NC(=O)C(CCCC(=O)OCc1ccccc1)NC(=O)OC(C)(C)C)C1CCCCC1. The zero-order valence-corrected chi connectivity index (χ0v) is 41.1. The lowest BCUT2D eigenvalue weighted by atomic mass is 9.83. The molecule has 7 N–H and O–H groups in total. The Bertz CT molecular complexity index is 1970. The summed E-state index contributed by atoms with van der Waals surface area (Å²) >= 11 is 0. The average Bonchev–Trinajstić information content (AvgIpc) is 3.34. The molecule has 1 saturated carbocycles. The number of esters is 2. The zero-order valence-electron chi connectivity index (χ0n) is 41.1. The second-order valence-corrected chi connectivity index (χ2v) is 18.2. The highest BCUT2D eigenvalue weighted by atomic mass is 16.6. The van der Waals surface area contributed by atoms with Gasteiger partial charge in [-0.1, -0.05) is 106 Å². The maximum absolute atomic E-state index is 14.5. The fourth-order valence-electron chi connectivity index (χ4n) is 7.62. The third-order valence-electron chi connectivity index (χ3n) is 11.2. The van der Waals surface area contributed by atoms with E-state index < -0.39 is 90.2 Å². The molecule has 2 aromatic rings. The van der Waals surface area contributed by atoms with E-state index in [4.69, 9.17) is 18.9 Å². The largest absolute Gasteiger partial charge is 0.461 e. The topological polar surface area (TPSA) is 266 Å². The van der Waals surface area contributed by atoms with Gasteiger partial charge in [-0.2, -0.15) is 0 Å². The second kappa shape index (κ2) is 31.6. The standard InChI is InChI=1S/C51H74N6O13/c1-6-20-38(44(60)48(64)53-32-42(59)67-31-7-2)54-45(61)39(27-17-18-30-52-49(65)69-34-36-23-13-9-14-24-36)55-47(63)43(37-25-15-10-16-26-37)57-46(62)40(56-50(66)70-51(3,4)5)28-19-29-41(58)68-33-35-21-11-8-12-22-35/h7-9,11-14,21-24,37-40,43-44,60H,2,6,10,15-20,25-34H2,1,3-5H3,(H,52,65)(H,53,64)(H,54,61)(H,55,63)(H,56,66)(H,57,62). The summed E-state index contributed by atoms with van der Waals surface area (Å²) in [6.45, 7) is 9.97. The molecule has 386 valence electrons. The number of unbranched alkanes of at least 4 members (excludes halogenated alkanes) is 1. The molecule has 0 heterocycles. The Morgan fingerprint density at radius 1 is 0.671 bits per heavy atom. The Labute approximate surface area is 411 Å². The van der Waals surface area contributed by atoms with Gasteiger partial charge >= 0.3 is 24.1 Å². The highest BCUT2D eigenvalue weighted by Gasteiger charge is 2.37. The molecule has 0 aromatic heterocycles. The molecular formula is C51H74N6O13. The van der Waals surface area contributed by atoms with Gasteiger partial charge < -0.3 is 56.0 Å². The number of amides is 6. The first-order chi connectivity index (χ1) is 33.5. The first-order valence-corrected chi connectivity index (χ1v) is 24.3. The second-order valence-electron chi connectivity index (χ2n) is 18.2. The lowest BCUT2D eigenvalue weighted by Crippen LogP contribution is -2.60. The molecule has 0 bridgehead atoms. The van der Waals surface area contributed by atoms with Crippen LogP contribution in [0.4, 0.5) is 9.59 Å². The molecule has 6 amide bonds. The lowest BCUT2D eigenvalue weighted by molar-refractivity contribution is -0.145. The van der Waals surface area contributed by atoms with Gasteiger partial charge in [0.25, 0.3) is 5.91 Å². The molecule has 0 spiro atoms. The van der Waals surface area contributed by atoms with Gasteiger partial charge in [0.15, 0.2) is 6.10 Å². The van der Waals surface area contributed by atoms with Gasteiger partial charge in [0.1, 0.15) is 50.1 Å². The molecule has 0 radical (unpaired) electrons. The van der Waals surface area contributed by atoms with Crippen LogP contribution >= 0.6 is 0 Å². The number of benzene rings is 2. The first kappa shape index (κ1) is 57.8. The van der Waals surface area contributed by atoms with Crippen molar-refractivity contribution in [2.24, 2.45) is 5.92 Å². The molecule has 0 saturated heterocycles. The van der Waals surface area contributed by atoms with E-state index in [2.05, 4.69) is 38.5 Å². The number of hydrogen-bond donors (Lipinski definition) is 7. The minimum absolute atomic E-state index is 0.00584. The van der Waals surface area contributed by atoms with Gasteiger partial charge in [0.05, 0.1) is 6.04 Å². The maximum Gasteiger partial charge on any atom is 0.408 e. The van der Waals surface area contributed by atoms with E-state index in [0.29, 0.717) is 32.1 Å². The van der Waals surface area contributed by atoms with E-state index in [-0.39, 0.29) is 64.4 Å². The van der Waals surface area contributed by atoms with Crippen LogP contribution in [0.2, 0.25) is 0 Å². The fraction of sp³-hybridized carbons (Fsp3) is 0.569. The average molecular weight is 979 g/mol. The van der Waals surface area contributed by atoms with Crippen LogP contribution in [0.15, 0.2) is 73.3 Å². The summed E-state index contributed by atoms with van der Waals surface area (Å²) in [7, 11) is 0. The lowest BCUT2D eigenvalue weighted by Gasteiger charge is -2.33. The monoisotopic (exact) mass is 979 g/mol. The number of nitrogens with one attached hydrogen (secondary N) is 6. The number of rotatable bonds is 29. The van der Waals surface area contributed by atoms with Gasteiger partial charge in [-0.15, -0.1) is 0 Å². The normalized spacial score (nSPS) is 14.7. The van der Waals surface area contributed by atoms with E-state index in [1.165, 1.54) is 6.08 Å². The minimum atomic E-state index is -1.78. The van der Waals surface area contributed by atoms with Crippen LogP contribution in [-0.2, 0) is 60.9 Å². The van der Waals surface area contributed by atoms with Crippen LogP contribution in [-0.4, -0.2) is 108 Å². The molecule has 5 atom stereocenters. The number of carbonyl (C=O) groups is 8. The molecule has 0 aliphatic heterocycles. The molecule has 3 rings (SSSR count). The van der Waals surface area contributed by atoms with Gasteiger partial charge in [-0.3, -0.25) is 28.8 Å². The number of hydrogen-bond acceptors (Lipinski definition) is 13. The van der Waals surface area contributed by atoms with Crippen molar-refractivity contribution >= 4 is 47.8 Å². The van der Waals surface area contributed by atoms with E-state index in [1.807, 2.05) is 60.7 Å². The van der Waals surface area contributed by atoms with Crippen LogP contribution in [0.1, 0.15) is 122 Å². The van der Waals surface area contributed by atoms with Crippen molar-refractivity contribution in [1.82, 2.24) is 31.9 Å². The number of carbonyl (C=O) groups excluding carboxylic acids is 8. The molecule has 1 aliphatic carbocycles. The van der Waals surface area contributed by atoms with Crippen molar-refractivity contribution in [1.29, 1.82) is 0 Å². The molecular weight excluding hydrogens is 905 g/mol. The Kier molecular flexibility index (Phi) is 26.1. The summed E-state index contributed by atoms with van der Waals surface area (Å²) < 4.78 is 21.0. The Hall–Kier alpha value is -6.50. The smallest absolute Gasteiger partial charge is 0.408 e. The van der Waals surface area contributed by atoms with Gasteiger partial charge in [0.2, 0.25) is 17.7 Å². The third kappa shape index (κ3) is 23.2. The maximum atomic E-state index is 14.5. The van der Waals surface area contributed by atoms with E-state index in [9.17, 15) is 43.5 Å². The summed E-state index contributed by atoms with van der Waals surface area (Å²) in [6, 6.07) is 13.5. The predicted octanol–water partition coefficient (Wildman–Crippen LogP) is 4.93. The summed E-state index contributed by atoms with van der Waals surface area (Å²) in [5.74, 6) is -4.64. The van der Waals surface area contributed by atoms with Crippen LogP contribution in [0, 0.1) is 5.92 Å². The van der Waals surface area contributed by atoms with Crippen molar-refractivity contribution in [3.05, 3.63) is 84.4 Å². The third-order valence-corrected chi connectivity index (χ3v) is 11.2.